The Morgan fingerprint density at radius 1 is 1.28 bits per heavy atom. The van der Waals surface area contributed by atoms with Crippen LogP contribution in [0.5, 0.6) is 5.75 Å². The summed E-state index contributed by atoms with van der Waals surface area (Å²) in [5, 5.41) is 0. The number of para-hydroxylation sites is 1. The van der Waals surface area contributed by atoms with Gasteiger partial charge in [0.2, 0.25) is 0 Å². The van der Waals surface area contributed by atoms with Crippen molar-refractivity contribution in [1.29, 1.82) is 0 Å². The molecule has 0 atom stereocenters. The zero-order chi connectivity index (χ0) is 13.6. The lowest BCUT2D eigenvalue weighted by molar-refractivity contribution is -0.186. The van der Waals surface area contributed by atoms with Crippen LogP contribution in [0.15, 0.2) is 18.2 Å². The Labute approximate surface area is 104 Å². The first kappa shape index (κ1) is 14.8. The van der Waals surface area contributed by atoms with Crippen LogP contribution < -0.4 is 10.5 Å². The Bertz CT molecular complexity index is 380. The average molecular weight is 263 g/mol. The predicted octanol–water partition coefficient (Wildman–Crippen LogP) is 2.41. The van der Waals surface area contributed by atoms with Crippen molar-refractivity contribution in [1.82, 2.24) is 0 Å². The summed E-state index contributed by atoms with van der Waals surface area (Å²) in [6, 6.07) is 5.50. The molecule has 0 radical (unpaired) electrons. The van der Waals surface area contributed by atoms with Gasteiger partial charge in [-0.05, 0) is 31.0 Å². The van der Waals surface area contributed by atoms with Crippen molar-refractivity contribution < 1.29 is 22.6 Å². The van der Waals surface area contributed by atoms with Gasteiger partial charge in [0, 0.05) is 0 Å². The minimum Gasteiger partial charge on any atom is -0.467 e. The molecule has 1 aromatic rings. The van der Waals surface area contributed by atoms with E-state index in [0.717, 1.165) is 11.1 Å². The van der Waals surface area contributed by atoms with E-state index in [1.807, 2.05) is 25.1 Å². The van der Waals surface area contributed by atoms with Crippen LogP contribution in [0, 0.1) is 6.92 Å². The number of aryl methyl sites for hydroxylation is 1. The first-order valence-electron chi connectivity index (χ1n) is 5.50. The summed E-state index contributed by atoms with van der Waals surface area (Å²) >= 11 is 0. The van der Waals surface area contributed by atoms with E-state index in [0.29, 0.717) is 18.7 Å². The van der Waals surface area contributed by atoms with Gasteiger partial charge >= 0.3 is 6.18 Å². The van der Waals surface area contributed by atoms with Crippen molar-refractivity contribution in [3.05, 3.63) is 29.3 Å². The molecule has 102 valence electrons. The molecule has 0 bridgehead atoms. The first-order valence-corrected chi connectivity index (χ1v) is 5.50. The summed E-state index contributed by atoms with van der Waals surface area (Å²) in [5.74, 6) is 0.546. The van der Waals surface area contributed by atoms with Crippen molar-refractivity contribution in [3.63, 3.8) is 0 Å². The van der Waals surface area contributed by atoms with Crippen molar-refractivity contribution >= 4 is 0 Å². The Kier molecular flexibility index (Phi) is 5.43. The third-order valence-electron chi connectivity index (χ3n) is 2.26. The van der Waals surface area contributed by atoms with E-state index in [1.54, 1.807) is 0 Å². The van der Waals surface area contributed by atoms with Gasteiger partial charge in [-0.15, -0.1) is 0 Å². The molecular formula is C12H16F3NO2. The molecule has 0 unspecified atom stereocenters. The van der Waals surface area contributed by atoms with Crippen LogP contribution in [0.1, 0.15) is 11.1 Å². The van der Waals surface area contributed by atoms with Crippen LogP contribution in [-0.2, 0) is 11.2 Å². The van der Waals surface area contributed by atoms with Crippen LogP contribution in [0.4, 0.5) is 13.2 Å². The highest BCUT2D eigenvalue weighted by molar-refractivity contribution is 5.40. The fourth-order valence-electron chi connectivity index (χ4n) is 1.53. The molecule has 0 aliphatic carbocycles. The van der Waals surface area contributed by atoms with Gasteiger partial charge in [-0.25, -0.2) is 0 Å². The summed E-state index contributed by atoms with van der Waals surface area (Å²) in [7, 11) is 0. The monoisotopic (exact) mass is 263 g/mol. The maximum atomic E-state index is 11.9. The number of hydrogen-bond donors (Lipinski definition) is 1. The highest BCUT2D eigenvalue weighted by Crippen LogP contribution is 2.24. The van der Waals surface area contributed by atoms with Gasteiger partial charge in [-0.2, -0.15) is 13.2 Å². The summed E-state index contributed by atoms with van der Waals surface area (Å²) in [4.78, 5) is 0. The van der Waals surface area contributed by atoms with E-state index < -0.39 is 19.6 Å². The van der Waals surface area contributed by atoms with E-state index in [4.69, 9.17) is 10.5 Å². The molecular weight excluding hydrogens is 247 g/mol. The molecule has 0 fully saturated rings. The third-order valence-corrected chi connectivity index (χ3v) is 2.26. The Balaban J connectivity index is 2.55. The van der Waals surface area contributed by atoms with Gasteiger partial charge in [-0.1, -0.05) is 18.2 Å². The van der Waals surface area contributed by atoms with Crippen LogP contribution in [-0.4, -0.2) is 26.1 Å². The van der Waals surface area contributed by atoms with Gasteiger partial charge in [-0.3, -0.25) is 0 Å². The van der Waals surface area contributed by atoms with Crippen molar-refractivity contribution in [3.8, 4) is 5.75 Å². The molecule has 18 heavy (non-hydrogen) atoms. The molecule has 0 saturated heterocycles. The molecule has 2 N–H and O–H groups in total. The number of nitrogens with two attached hydrogens (primary N) is 1. The number of halogens is 3. The number of alkyl halides is 3. The van der Waals surface area contributed by atoms with E-state index in [-0.39, 0.29) is 0 Å². The second-order valence-electron chi connectivity index (χ2n) is 3.83. The van der Waals surface area contributed by atoms with E-state index in [9.17, 15) is 13.2 Å². The topological polar surface area (TPSA) is 44.5 Å². The quantitative estimate of drug-likeness (QED) is 0.633. The molecule has 0 saturated carbocycles. The molecule has 3 nitrogen and oxygen atoms in total. The maximum absolute atomic E-state index is 11.9. The Morgan fingerprint density at radius 3 is 2.61 bits per heavy atom. The number of rotatable bonds is 6. The van der Waals surface area contributed by atoms with Gasteiger partial charge in [0.15, 0.2) is 6.79 Å². The van der Waals surface area contributed by atoms with E-state index >= 15 is 0 Å². The van der Waals surface area contributed by atoms with Gasteiger partial charge in [0.25, 0.3) is 0 Å². The largest absolute Gasteiger partial charge is 0.467 e. The Morgan fingerprint density at radius 2 is 2.00 bits per heavy atom. The molecule has 0 aliphatic rings. The van der Waals surface area contributed by atoms with Crippen LogP contribution in [0.3, 0.4) is 0 Å². The lowest BCUT2D eigenvalue weighted by Crippen LogP contribution is -2.19. The second-order valence-corrected chi connectivity index (χ2v) is 3.83. The van der Waals surface area contributed by atoms with Crippen LogP contribution >= 0.6 is 0 Å². The standard InChI is InChI=1S/C12H16F3NO2/c1-9-3-2-4-10(5-6-16)11(9)18-8-17-7-12(13,14)15/h2-4H,5-8,16H2,1H3. The zero-order valence-electron chi connectivity index (χ0n) is 10.1. The molecule has 0 heterocycles. The third kappa shape index (κ3) is 4.93. The molecule has 0 aliphatic heterocycles. The minimum absolute atomic E-state index is 0.429. The van der Waals surface area contributed by atoms with Gasteiger partial charge in [0.1, 0.15) is 12.4 Å². The lowest BCUT2D eigenvalue weighted by atomic mass is 10.1. The van der Waals surface area contributed by atoms with Gasteiger partial charge in [0.05, 0.1) is 0 Å². The van der Waals surface area contributed by atoms with Crippen LogP contribution in [0.2, 0.25) is 0 Å². The second kappa shape index (κ2) is 6.61. The predicted molar refractivity (Wildman–Crippen MR) is 61.4 cm³/mol. The van der Waals surface area contributed by atoms with E-state index in [2.05, 4.69) is 4.74 Å². The minimum atomic E-state index is -4.34. The average Bonchev–Trinajstić information content (AvgIpc) is 2.26. The normalized spacial score (nSPS) is 11.6. The smallest absolute Gasteiger partial charge is 0.411 e. The molecule has 0 aromatic heterocycles. The molecule has 1 rings (SSSR count). The maximum Gasteiger partial charge on any atom is 0.411 e. The van der Waals surface area contributed by atoms with E-state index in [1.165, 1.54) is 0 Å². The Hall–Kier alpha value is -1.27. The van der Waals surface area contributed by atoms with Crippen molar-refractivity contribution in [2.45, 2.75) is 19.5 Å². The number of hydrogen-bond acceptors (Lipinski definition) is 3. The highest BCUT2D eigenvalue weighted by atomic mass is 19.4. The fraction of sp³-hybridized carbons (Fsp3) is 0.500. The van der Waals surface area contributed by atoms with Gasteiger partial charge < -0.3 is 15.2 Å². The summed E-state index contributed by atoms with van der Waals surface area (Å²) in [6.07, 6.45) is -3.73. The number of benzene rings is 1. The highest BCUT2D eigenvalue weighted by Gasteiger charge is 2.27. The molecule has 0 spiro atoms. The zero-order valence-corrected chi connectivity index (χ0v) is 10.1. The first-order chi connectivity index (χ1) is 8.44. The summed E-state index contributed by atoms with van der Waals surface area (Å²) < 4.78 is 45.2. The fourth-order valence-corrected chi connectivity index (χ4v) is 1.53. The molecule has 0 amide bonds. The summed E-state index contributed by atoms with van der Waals surface area (Å²) in [6.45, 7) is 0.523. The SMILES string of the molecule is Cc1cccc(CCN)c1OCOCC(F)(F)F. The number of ether oxygens (including phenoxy) is 2. The van der Waals surface area contributed by atoms with Crippen molar-refractivity contribution in [2.75, 3.05) is 19.9 Å². The van der Waals surface area contributed by atoms with Crippen molar-refractivity contribution in [2.24, 2.45) is 5.73 Å². The van der Waals surface area contributed by atoms with Crippen LogP contribution in [0.25, 0.3) is 0 Å². The molecule has 6 heteroatoms. The lowest BCUT2D eigenvalue weighted by Gasteiger charge is -2.14. The molecule has 1 aromatic carbocycles. The summed E-state index contributed by atoms with van der Waals surface area (Å²) in [5.41, 5.74) is 7.17.